The monoisotopic (exact) mass is 374 g/mol. The normalized spacial score (nSPS) is 28.9. The van der Waals surface area contributed by atoms with Gasteiger partial charge in [-0.15, -0.1) is 0 Å². The summed E-state index contributed by atoms with van der Waals surface area (Å²) in [6.07, 6.45) is 7.29. The fourth-order valence-electron chi connectivity index (χ4n) is 4.15. The van der Waals surface area contributed by atoms with E-state index in [1.165, 1.54) is 5.56 Å². The number of carboxylic acids is 1. The highest BCUT2D eigenvalue weighted by atomic mass is 16.7. The lowest BCUT2D eigenvalue weighted by atomic mass is 9.89. The van der Waals surface area contributed by atoms with Crippen LogP contribution in [0.2, 0.25) is 0 Å². The van der Waals surface area contributed by atoms with Crippen LogP contribution in [-0.4, -0.2) is 35.2 Å². The molecule has 1 aliphatic carbocycles. The van der Waals surface area contributed by atoms with E-state index in [1.54, 1.807) is 0 Å². The van der Waals surface area contributed by atoms with E-state index in [-0.39, 0.29) is 24.5 Å². The third-order valence-corrected chi connectivity index (χ3v) is 5.59. The molecule has 1 heterocycles. The van der Waals surface area contributed by atoms with Crippen LogP contribution in [0.4, 0.5) is 0 Å². The number of carboxylic acid groups (broad SMARTS) is 1. The highest BCUT2D eigenvalue weighted by Gasteiger charge is 2.40. The summed E-state index contributed by atoms with van der Waals surface area (Å²) in [5.41, 5.74) is 1.26. The van der Waals surface area contributed by atoms with Gasteiger partial charge in [0.1, 0.15) is 0 Å². The minimum atomic E-state index is -0.872. The van der Waals surface area contributed by atoms with Crippen LogP contribution in [-0.2, 0) is 20.7 Å². The lowest BCUT2D eigenvalue weighted by molar-refractivity contribution is -0.147. The number of hydrogen-bond donors (Lipinski definition) is 2. The quantitative estimate of drug-likeness (QED) is 0.675. The lowest BCUT2D eigenvalue weighted by Crippen LogP contribution is -2.28. The summed E-state index contributed by atoms with van der Waals surface area (Å²) in [7, 11) is 0. The van der Waals surface area contributed by atoms with Gasteiger partial charge in [0.2, 0.25) is 0 Å². The number of benzene rings is 1. The van der Waals surface area contributed by atoms with Crippen molar-refractivity contribution in [3.63, 3.8) is 0 Å². The molecular formula is C22H30O5. The molecule has 0 amide bonds. The highest BCUT2D eigenvalue weighted by molar-refractivity contribution is 5.67. The maximum atomic E-state index is 11.3. The predicted octanol–water partition coefficient (Wildman–Crippen LogP) is 3.91. The lowest BCUT2D eigenvalue weighted by Gasteiger charge is -2.29. The fraction of sp³-hybridized carbons (Fsp3) is 0.591. The Bertz CT molecular complexity index is 621. The van der Waals surface area contributed by atoms with Crippen molar-refractivity contribution in [2.75, 3.05) is 6.61 Å². The van der Waals surface area contributed by atoms with Gasteiger partial charge in [-0.3, -0.25) is 4.79 Å². The fourth-order valence-corrected chi connectivity index (χ4v) is 4.15. The molecule has 5 heteroatoms. The molecule has 1 saturated heterocycles. The zero-order valence-corrected chi connectivity index (χ0v) is 15.8. The van der Waals surface area contributed by atoms with Crippen LogP contribution in [0.5, 0.6) is 0 Å². The van der Waals surface area contributed by atoms with Crippen molar-refractivity contribution in [2.45, 2.75) is 63.8 Å². The molecular weight excluding hydrogens is 344 g/mol. The Hall–Kier alpha value is -1.85. The second-order valence-electron chi connectivity index (χ2n) is 7.56. The second-order valence-corrected chi connectivity index (χ2v) is 7.56. The summed E-state index contributed by atoms with van der Waals surface area (Å²) in [5, 5.41) is 19.5. The van der Waals surface area contributed by atoms with Gasteiger partial charge in [-0.2, -0.15) is 0 Å². The summed E-state index contributed by atoms with van der Waals surface area (Å²) in [5.74, 6) is -0.421. The van der Waals surface area contributed by atoms with Crippen LogP contribution in [0.1, 0.15) is 50.5 Å². The average Bonchev–Trinajstić information content (AvgIpc) is 3.02. The third-order valence-electron chi connectivity index (χ3n) is 5.59. The van der Waals surface area contributed by atoms with E-state index in [2.05, 4.69) is 18.2 Å². The summed E-state index contributed by atoms with van der Waals surface area (Å²) in [4.78, 5) is 11.3. The van der Waals surface area contributed by atoms with E-state index in [0.717, 1.165) is 44.3 Å². The number of rotatable bonds is 8. The van der Waals surface area contributed by atoms with Crippen molar-refractivity contribution in [3.8, 4) is 0 Å². The summed E-state index contributed by atoms with van der Waals surface area (Å²) >= 11 is 0. The molecule has 0 radical (unpaired) electrons. The first-order chi connectivity index (χ1) is 13.1. The molecule has 3 rings (SSSR count). The molecule has 2 fully saturated rings. The van der Waals surface area contributed by atoms with Crippen LogP contribution >= 0.6 is 0 Å². The van der Waals surface area contributed by atoms with E-state index in [9.17, 15) is 15.0 Å². The number of aliphatic hydroxyl groups is 1. The van der Waals surface area contributed by atoms with Crippen molar-refractivity contribution in [1.82, 2.24) is 0 Å². The van der Waals surface area contributed by atoms with Gasteiger partial charge >= 0.3 is 5.97 Å². The number of ether oxygens (including phenoxy) is 2. The Labute approximate surface area is 161 Å². The molecule has 4 atom stereocenters. The highest BCUT2D eigenvalue weighted by Crippen LogP contribution is 2.40. The maximum absolute atomic E-state index is 11.3. The van der Waals surface area contributed by atoms with Gasteiger partial charge in [-0.1, -0.05) is 30.3 Å². The van der Waals surface area contributed by atoms with Gasteiger partial charge in [-0.05, 0) is 50.2 Å². The molecule has 0 spiro atoms. The molecule has 1 saturated carbocycles. The average molecular weight is 374 g/mol. The van der Waals surface area contributed by atoms with E-state index < -0.39 is 12.1 Å². The van der Waals surface area contributed by atoms with Crippen molar-refractivity contribution in [1.29, 1.82) is 0 Å². The second kappa shape index (κ2) is 9.90. The van der Waals surface area contributed by atoms with E-state index >= 15 is 0 Å². The van der Waals surface area contributed by atoms with Gasteiger partial charge in [0, 0.05) is 18.3 Å². The number of hydrogen-bond acceptors (Lipinski definition) is 4. The molecule has 27 heavy (non-hydrogen) atoms. The number of aliphatic carboxylic acids is 1. The van der Waals surface area contributed by atoms with Crippen molar-refractivity contribution < 1.29 is 24.5 Å². The number of allylic oxidation sites excluding steroid dienone is 2. The minimum Gasteiger partial charge on any atom is -0.481 e. The van der Waals surface area contributed by atoms with Gasteiger partial charge < -0.3 is 19.7 Å². The molecule has 1 aromatic carbocycles. The Kier molecular flexibility index (Phi) is 7.30. The number of carbonyl (C=O) groups is 1. The first-order valence-corrected chi connectivity index (χ1v) is 10.1. The van der Waals surface area contributed by atoms with Crippen LogP contribution in [0.3, 0.4) is 0 Å². The van der Waals surface area contributed by atoms with Crippen LogP contribution in [0, 0.1) is 11.8 Å². The van der Waals surface area contributed by atoms with Crippen LogP contribution in [0.25, 0.3) is 0 Å². The Balaban J connectivity index is 1.71. The SMILES string of the molecule is O=C(O)C[C@@H]1[C@@H](C(=CCCc2ccccc2)OC2CCCCO2)CC[C@@H]1O. The predicted molar refractivity (Wildman–Crippen MR) is 102 cm³/mol. The summed E-state index contributed by atoms with van der Waals surface area (Å²) in [6.45, 7) is 0.702. The van der Waals surface area contributed by atoms with Gasteiger partial charge in [0.25, 0.3) is 0 Å². The van der Waals surface area contributed by atoms with Crippen molar-refractivity contribution in [2.24, 2.45) is 11.8 Å². The Morgan fingerprint density at radius 2 is 2.00 bits per heavy atom. The molecule has 2 aliphatic rings. The van der Waals surface area contributed by atoms with Gasteiger partial charge in [0.05, 0.1) is 24.9 Å². The third kappa shape index (κ3) is 5.81. The zero-order valence-electron chi connectivity index (χ0n) is 15.8. The standard InChI is InChI=1S/C22H30O5/c23-19-13-12-17(18(19)15-21(24)25)20(27-22-11-4-5-14-26-22)10-6-9-16-7-2-1-3-8-16/h1-3,7-8,10,17-19,22-23H,4-6,9,11-15H2,(H,24,25)/t17-,18+,19-,22?/m0/s1. The largest absolute Gasteiger partial charge is 0.481 e. The molecule has 1 aliphatic heterocycles. The minimum absolute atomic E-state index is 0.0310. The summed E-state index contributed by atoms with van der Waals surface area (Å²) < 4.78 is 11.9. The molecule has 148 valence electrons. The molecule has 5 nitrogen and oxygen atoms in total. The van der Waals surface area contributed by atoms with E-state index in [4.69, 9.17) is 9.47 Å². The van der Waals surface area contributed by atoms with E-state index in [0.29, 0.717) is 13.0 Å². The molecule has 1 unspecified atom stereocenters. The molecule has 0 aromatic heterocycles. The number of aliphatic hydroxyl groups excluding tert-OH is 1. The topological polar surface area (TPSA) is 76.0 Å². The Morgan fingerprint density at radius 3 is 2.70 bits per heavy atom. The molecule has 2 N–H and O–H groups in total. The first-order valence-electron chi connectivity index (χ1n) is 10.1. The van der Waals surface area contributed by atoms with Crippen molar-refractivity contribution in [3.05, 3.63) is 47.7 Å². The van der Waals surface area contributed by atoms with Crippen molar-refractivity contribution >= 4 is 5.97 Å². The zero-order chi connectivity index (χ0) is 19.1. The molecule has 0 bridgehead atoms. The number of aryl methyl sites for hydroxylation is 1. The Morgan fingerprint density at radius 1 is 1.19 bits per heavy atom. The maximum Gasteiger partial charge on any atom is 0.303 e. The first kappa shape index (κ1) is 19.9. The summed E-state index contributed by atoms with van der Waals surface area (Å²) in [6, 6.07) is 10.3. The van der Waals surface area contributed by atoms with Gasteiger partial charge in [0.15, 0.2) is 6.29 Å². The molecule has 1 aromatic rings. The smallest absolute Gasteiger partial charge is 0.303 e. The van der Waals surface area contributed by atoms with Crippen LogP contribution in [0.15, 0.2) is 42.2 Å². The van der Waals surface area contributed by atoms with Crippen LogP contribution < -0.4 is 0 Å². The van der Waals surface area contributed by atoms with Gasteiger partial charge in [-0.25, -0.2) is 0 Å². The van der Waals surface area contributed by atoms with E-state index in [1.807, 2.05) is 18.2 Å².